The van der Waals surface area contributed by atoms with Crippen LogP contribution in [0.25, 0.3) is 0 Å². The SMILES string of the molecule is Cc1cn(C2CC(OP(=O)(O)C(C)C)C(/C=C/P(O)(O)=P)O2)c(=O)[nH]c1=O. The van der Waals surface area contributed by atoms with Gasteiger partial charge in [-0.2, -0.15) is 0 Å². The van der Waals surface area contributed by atoms with Gasteiger partial charge < -0.3 is 23.9 Å². The quantitative estimate of drug-likeness (QED) is 0.486. The van der Waals surface area contributed by atoms with Crippen molar-refractivity contribution in [3.05, 3.63) is 44.5 Å². The van der Waals surface area contributed by atoms with E-state index in [0.29, 0.717) is 5.56 Å². The molecule has 0 saturated carbocycles. The van der Waals surface area contributed by atoms with Gasteiger partial charge >= 0.3 is 13.3 Å². The van der Waals surface area contributed by atoms with Crippen LogP contribution in [0.15, 0.2) is 27.7 Å². The van der Waals surface area contributed by atoms with Crippen molar-refractivity contribution >= 4 is 23.1 Å². The van der Waals surface area contributed by atoms with E-state index in [2.05, 4.69) is 13.5 Å². The van der Waals surface area contributed by atoms with Crippen LogP contribution < -0.4 is 11.2 Å². The Kier molecular flexibility index (Phi) is 6.89. The van der Waals surface area contributed by atoms with Gasteiger partial charge in [0.1, 0.15) is 18.4 Å². The Balaban J connectivity index is 2.36. The van der Waals surface area contributed by atoms with Crippen LogP contribution in [0.2, 0.25) is 0 Å². The molecule has 4 N–H and O–H groups in total. The lowest BCUT2D eigenvalue weighted by molar-refractivity contribution is 0.00661. The Labute approximate surface area is 157 Å². The van der Waals surface area contributed by atoms with Crippen molar-refractivity contribution < 1.29 is 28.5 Å². The second-order valence-electron chi connectivity index (χ2n) is 6.56. The number of nitrogens with zero attached hydrogens (tertiary/aromatic N) is 1. The molecule has 2 rings (SSSR count). The van der Waals surface area contributed by atoms with Crippen LogP contribution in [0.3, 0.4) is 0 Å². The largest absolute Gasteiger partial charge is 0.348 e. The van der Waals surface area contributed by atoms with E-state index in [-0.39, 0.29) is 6.42 Å². The van der Waals surface area contributed by atoms with E-state index in [1.807, 2.05) is 0 Å². The molecule has 0 aliphatic carbocycles. The molecule has 0 amide bonds. The number of H-pyrrole nitrogens is 1. The zero-order valence-electron chi connectivity index (χ0n) is 15.0. The molecule has 1 aromatic heterocycles. The Morgan fingerprint density at radius 3 is 2.59 bits per heavy atom. The van der Waals surface area contributed by atoms with E-state index in [1.165, 1.54) is 33.0 Å². The third kappa shape index (κ3) is 5.83. The second-order valence-corrected chi connectivity index (χ2v) is 12.5. The van der Waals surface area contributed by atoms with Gasteiger partial charge in [0.05, 0.1) is 5.66 Å². The molecule has 0 radical (unpaired) electrons. The third-order valence-electron chi connectivity index (χ3n) is 3.99. The predicted octanol–water partition coefficient (Wildman–Crippen LogP) is 1.52. The molecule has 0 spiro atoms. The molecule has 0 aromatic carbocycles. The average molecular weight is 440 g/mol. The van der Waals surface area contributed by atoms with Crippen LogP contribution in [0, 0.1) is 6.92 Å². The van der Waals surface area contributed by atoms with E-state index < -0.39 is 49.9 Å². The minimum atomic E-state index is -3.95. The van der Waals surface area contributed by atoms with Gasteiger partial charge in [-0.3, -0.25) is 18.9 Å². The van der Waals surface area contributed by atoms with Crippen LogP contribution in [0.1, 0.15) is 32.1 Å². The van der Waals surface area contributed by atoms with E-state index in [1.54, 1.807) is 0 Å². The first-order valence-electron chi connectivity index (χ1n) is 8.07. The molecule has 152 valence electrons. The van der Waals surface area contributed by atoms with Gasteiger partial charge in [-0.15, -0.1) is 0 Å². The fourth-order valence-electron chi connectivity index (χ4n) is 2.43. The molecule has 4 atom stereocenters. The van der Waals surface area contributed by atoms with Gasteiger partial charge in [-0.05, 0) is 18.8 Å². The first-order chi connectivity index (χ1) is 12.3. The number of aryl methyl sites for hydroxylation is 1. The Bertz CT molecular complexity index is 931. The van der Waals surface area contributed by atoms with Crippen molar-refractivity contribution in [2.24, 2.45) is 0 Å². The van der Waals surface area contributed by atoms with Crippen molar-refractivity contribution in [3.63, 3.8) is 0 Å². The zero-order valence-corrected chi connectivity index (χ0v) is 17.8. The summed E-state index contributed by atoms with van der Waals surface area (Å²) >= 11 is 0. The average Bonchev–Trinajstić information content (AvgIpc) is 2.90. The standard InChI is InChI=1S/C14H23N2O8P3/c1-8(2)27(21,22)24-11-6-12(23-10(11)4-5-26(19,20)25)16-7-9(3)13(17)15-14(16)18/h4-5,7-8,10-12,19-20,25H,6H2,1-3H3,(H,21,22)(H,15,17,18)/b5-4+. The smallest absolute Gasteiger partial charge is 0.330 e. The summed E-state index contributed by atoms with van der Waals surface area (Å²) in [6.07, 6.45) is -0.0306. The van der Waals surface area contributed by atoms with Gasteiger partial charge in [0.2, 0.25) is 0 Å². The van der Waals surface area contributed by atoms with Crippen molar-refractivity contribution in [3.8, 4) is 0 Å². The number of aromatic amines is 1. The second kappa shape index (κ2) is 8.27. The normalized spacial score (nSPS) is 26.0. The number of nitrogens with one attached hydrogen (secondary N) is 1. The number of hydrogen-bond donors (Lipinski definition) is 4. The molecular weight excluding hydrogens is 417 g/mol. The summed E-state index contributed by atoms with van der Waals surface area (Å²) in [7, 11) is -4.61. The highest BCUT2D eigenvalue weighted by Crippen LogP contribution is 2.51. The zero-order chi connectivity index (χ0) is 20.6. The molecule has 1 aliphatic rings. The van der Waals surface area contributed by atoms with E-state index in [9.17, 15) is 28.8 Å². The highest BCUT2D eigenvalue weighted by atomic mass is 31.8. The van der Waals surface area contributed by atoms with E-state index in [0.717, 1.165) is 10.4 Å². The first kappa shape index (κ1) is 22.5. The number of ether oxygens (including phenoxy) is 1. The molecule has 1 aliphatic heterocycles. The molecule has 1 aromatic rings. The first-order valence-corrected chi connectivity index (χ1v) is 12.8. The minimum Gasteiger partial charge on any atom is -0.348 e. The maximum atomic E-state index is 12.3. The van der Waals surface area contributed by atoms with Gasteiger partial charge in [0, 0.05) is 18.2 Å². The number of hydrogen-bond acceptors (Lipinski definition) is 5. The van der Waals surface area contributed by atoms with Gasteiger partial charge in [0.25, 0.3) is 5.56 Å². The molecule has 1 saturated heterocycles. The molecule has 27 heavy (non-hydrogen) atoms. The Morgan fingerprint density at radius 1 is 1.41 bits per heavy atom. The van der Waals surface area contributed by atoms with Gasteiger partial charge in [-0.1, -0.05) is 22.4 Å². The Morgan fingerprint density at radius 2 is 2.04 bits per heavy atom. The summed E-state index contributed by atoms with van der Waals surface area (Å²) in [4.78, 5) is 54.8. The minimum absolute atomic E-state index is 0.0433. The summed E-state index contributed by atoms with van der Waals surface area (Å²) in [6, 6.07) is 0. The molecule has 1 fully saturated rings. The molecule has 2 heterocycles. The molecule has 13 heteroatoms. The van der Waals surface area contributed by atoms with Crippen molar-refractivity contribution in [2.75, 3.05) is 0 Å². The van der Waals surface area contributed by atoms with Crippen molar-refractivity contribution in [1.82, 2.24) is 9.55 Å². The van der Waals surface area contributed by atoms with Crippen LogP contribution in [0.4, 0.5) is 0 Å². The highest BCUT2D eigenvalue weighted by Gasteiger charge is 2.41. The predicted molar refractivity (Wildman–Crippen MR) is 103 cm³/mol. The lowest BCUT2D eigenvalue weighted by atomic mass is 10.2. The third-order valence-corrected chi connectivity index (χ3v) is 6.91. The van der Waals surface area contributed by atoms with Crippen LogP contribution >= 0.6 is 23.1 Å². The van der Waals surface area contributed by atoms with Crippen LogP contribution in [-0.4, -0.2) is 42.1 Å². The van der Waals surface area contributed by atoms with Crippen molar-refractivity contribution in [1.29, 1.82) is 0 Å². The molecular formula is C14H23N2O8P3. The fraction of sp³-hybridized carbons (Fsp3) is 0.571. The summed E-state index contributed by atoms with van der Waals surface area (Å²) in [6.45, 7) is 4.59. The fourth-order valence-corrected chi connectivity index (χ4v) is 3.93. The topological polar surface area (TPSA) is 151 Å². The number of rotatable bonds is 6. The summed E-state index contributed by atoms with van der Waals surface area (Å²) < 4.78 is 24.5. The Hall–Kier alpha value is -0.820. The lowest BCUT2D eigenvalue weighted by Gasteiger charge is -2.22. The van der Waals surface area contributed by atoms with Gasteiger partial charge in [-0.25, -0.2) is 4.79 Å². The maximum absolute atomic E-state index is 12.3. The lowest BCUT2D eigenvalue weighted by Crippen LogP contribution is -2.33. The highest BCUT2D eigenvalue weighted by molar-refractivity contribution is 7.93. The molecule has 10 nitrogen and oxygen atoms in total. The van der Waals surface area contributed by atoms with Gasteiger partial charge in [0.15, 0.2) is 7.00 Å². The monoisotopic (exact) mass is 440 g/mol. The van der Waals surface area contributed by atoms with Crippen LogP contribution in [-0.2, 0) is 13.8 Å². The van der Waals surface area contributed by atoms with E-state index >= 15 is 0 Å². The molecule has 4 unspecified atom stereocenters. The number of aromatic nitrogens is 2. The summed E-state index contributed by atoms with van der Waals surface area (Å²) in [5.74, 6) is 1.08. The van der Waals surface area contributed by atoms with Crippen LogP contribution in [0.5, 0.6) is 0 Å². The summed E-state index contributed by atoms with van der Waals surface area (Å²) in [5, 5.41) is 0. The maximum Gasteiger partial charge on any atom is 0.330 e. The van der Waals surface area contributed by atoms with Crippen molar-refractivity contribution in [2.45, 2.75) is 51.3 Å². The van der Waals surface area contributed by atoms with E-state index in [4.69, 9.17) is 9.26 Å². The molecule has 0 bridgehead atoms. The summed E-state index contributed by atoms with van der Waals surface area (Å²) in [5.41, 5.74) is -1.58.